The molecule has 3 nitrogen and oxygen atoms in total. The van der Waals surface area contributed by atoms with Gasteiger partial charge in [-0.1, -0.05) is 53.7 Å². The molecule has 3 heteroatoms. The number of aliphatic hydroxyl groups excluding tert-OH is 2. The first-order valence-electron chi connectivity index (χ1n) is 13.1. The topological polar surface area (TPSA) is 57.5 Å². The second-order valence-electron chi connectivity index (χ2n) is 12.7. The largest absolute Gasteiger partial charge is 0.390 e. The Balaban J connectivity index is 1.55. The Kier molecular flexibility index (Phi) is 6.27. The minimum absolute atomic E-state index is 0.0861. The predicted octanol–water partition coefficient (Wildman–Crippen LogP) is 5.64. The Hall–Kier alpha value is -0.670. The molecule has 176 valence electrons. The molecule has 0 aromatic rings. The lowest BCUT2D eigenvalue weighted by Gasteiger charge is -2.59. The van der Waals surface area contributed by atoms with Gasteiger partial charge in [0.05, 0.1) is 12.2 Å². The molecule has 0 heterocycles. The number of fused-ring (bicyclic) bond motifs is 5. The highest BCUT2D eigenvalue weighted by atomic mass is 16.3. The highest BCUT2D eigenvalue weighted by Crippen LogP contribution is 2.67. The van der Waals surface area contributed by atoms with Gasteiger partial charge in [-0.3, -0.25) is 4.79 Å². The van der Waals surface area contributed by atoms with Crippen LogP contribution in [0.2, 0.25) is 0 Å². The van der Waals surface area contributed by atoms with Crippen LogP contribution in [0.15, 0.2) is 12.2 Å². The van der Waals surface area contributed by atoms with E-state index < -0.39 is 12.2 Å². The fourth-order valence-electron chi connectivity index (χ4n) is 8.81. The molecule has 31 heavy (non-hydrogen) atoms. The zero-order valence-electron chi connectivity index (χ0n) is 20.7. The second kappa shape index (κ2) is 8.28. The Labute approximate surface area is 190 Å². The van der Waals surface area contributed by atoms with E-state index in [9.17, 15) is 15.0 Å². The lowest BCUT2D eigenvalue weighted by Crippen LogP contribution is -2.56. The molecule has 4 aliphatic rings. The number of Topliss-reactive ketones (excluding diaryl/α,β-unsaturated/α-hetero) is 1. The average Bonchev–Trinajstić information content (AvgIpc) is 3.08. The number of hydrogen-bond acceptors (Lipinski definition) is 3. The fourth-order valence-corrected chi connectivity index (χ4v) is 8.81. The normalized spacial score (nSPS) is 46.1. The molecule has 0 radical (unpaired) electrons. The van der Waals surface area contributed by atoms with Crippen molar-refractivity contribution >= 4 is 5.78 Å². The Bertz CT molecular complexity index is 713. The molecule has 11 atom stereocenters. The van der Waals surface area contributed by atoms with Crippen molar-refractivity contribution in [3.8, 4) is 0 Å². The van der Waals surface area contributed by atoms with Crippen LogP contribution in [-0.4, -0.2) is 28.2 Å². The summed E-state index contributed by atoms with van der Waals surface area (Å²) in [4.78, 5) is 13.2. The van der Waals surface area contributed by atoms with Gasteiger partial charge in [-0.25, -0.2) is 0 Å². The minimum Gasteiger partial charge on any atom is -0.390 e. The van der Waals surface area contributed by atoms with Crippen molar-refractivity contribution < 1.29 is 15.0 Å². The number of aliphatic hydroxyl groups is 2. The number of hydrogen-bond donors (Lipinski definition) is 2. The molecule has 3 saturated carbocycles. The number of allylic oxidation sites excluding steroid dienone is 2. The third kappa shape index (κ3) is 3.57. The van der Waals surface area contributed by atoms with Crippen molar-refractivity contribution in [2.45, 2.75) is 98.7 Å². The second-order valence-corrected chi connectivity index (χ2v) is 12.7. The number of carbonyl (C=O) groups is 1. The first kappa shape index (κ1) is 23.5. The van der Waals surface area contributed by atoms with E-state index in [1.165, 1.54) is 19.3 Å². The van der Waals surface area contributed by atoms with E-state index in [1.54, 1.807) is 0 Å². The van der Waals surface area contributed by atoms with Crippen LogP contribution >= 0.6 is 0 Å². The average molecular weight is 431 g/mol. The summed E-state index contributed by atoms with van der Waals surface area (Å²) in [7, 11) is 0. The molecule has 0 aromatic carbocycles. The van der Waals surface area contributed by atoms with Crippen molar-refractivity contribution in [3.05, 3.63) is 12.2 Å². The smallest absolute Gasteiger partial charge is 0.137 e. The fraction of sp³-hybridized carbons (Fsp3) is 0.893. The van der Waals surface area contributed by atoms with Crippen molar-refractivity contribution in [2.24, 2.45) is 58.2 Å². The molecular weight excluding hydrogens is 384 g/mol. The van der Waals surface area contributed by atoms with Crippen LogP contribution < -0.4 is 0 Å². The Morgan fingerprint density at radius 1 is 0.935 bits per heavy atom. The molecule has 0 unspecified atom stereocenters. The van der Waals surface area contributed by atoms with Gasteiger partial charge in [0.25, 0.3) is 0 Å². The van der Waals surface area contributed by atoms with Crippen LogP contribution in [0.1, 0.15) is 86.5 Å². The Morgan fingerprint density at radius 3 is 2.29 bits per heavy atom. The summed E-state index contributed by atoms with van der Waals surface area (Å²) < 4.78 is 0. The van der Waals surface area contributed by atoms with Crippen LogP contribution in [0.25, 0.3) is 0 Å². The van der Waals surface area contributed by atoms with Gasteiger partial charge in [-0.15, -0.1) is 0 Å². The van der Waals surface area contributed by atoms with E-state index in [1.807, 2.05) is 0 Å². The summed E-state index contributed by atoms with van der Waals surface area (Å²) in [6, 6.07) is 0. The highest BCUT2D eigenvalue weighted by Gasteiger charge is 2.62. The van der Waals surface area contributed by atoms with Gasteiger partial charge in [0.1, 0.15) is 5.78 Å². The van der Waals surface area contributed by atoms with E-state index in [0.717, 1.165) is 25.7 Å². The third-order valence-corrected chi connectivity index (χ3v) is 11.2. The molecule has 0 spiro atoms. The first-order chi connectivity index (χ1) is 14.5. The van der Waals surface area contributed by atoms with Crippen molar-refractivity contribution in [1.82, 2.24) is 0 Å². The number of rotatable bonds is 5. The maximum Gasteiger partial charge on any atom is 0.137 e. The van der Waals surface area contributed by atoms with Crippen molar-refractivity contribution in [2.75, 3.05) is 0 Å². The lowest BCUT2D eigenvalue weighted by molar-refractivity contribution is -0.151. The summed E-state index contributed by atoms with van der Waals surface area (Å²) >= 11 is 0. The molecule has 4 aliphatic carbocycles. The first-order valence-corrected chi connectivity index (χ1v) is 13.1. The maximum atomic E-state index is 13.2. The molecule has 4 rings (SSSR count). The summed E-state index contributed by atoms with van der Waals surface area (Å²) in [5.41, 5.74) is 0.318. The molecule has 0 bridgehead atoms. The summed E-state index contributed by atoms with van der Waals surface area (Å²) in [6.45, 7) is 13.3. The van der Waals surface area contributed by atoms with E-state index >= 15 is 0 Å². The highest BCUT2D eigenvalue weighted by molar-refractivity contribution is 5.83. The molecule has 0 aromatic heterocycles. The standard InChI is InChI=1S/C28H46O3/c1-16(2)17(3)25(30)26(31)18(4)20-10-11-21-19-15-24(29)23-9-7-8-13-27(23,5)22(19)12-14-28(20,21)6/h7-8,16-23,25-26,30-31H,9-15H2,1-6H3/t17-,18+,19+,20-,21+,22+,23-,25-,26-,27-,28-/m1/s1. The van der Waals surface area contributed by atoms with Crippen LogP contribution in [0.3, 0.4) is 0 Å². The lowest BCUT2D eigenvalue weighted by atomic mass is 9.45. The van der Waals surface area contributed by atoms with Gasteiger partial charge in [0.15, 0.2) is 0 Å². The molecule has 0 amide bonds. The molecule has 0 aliphatic heterocycles. The zero-order valence-corrected chi connectivity index (χ0v) is 20.7. The molecular formula is C28H46O3. The van der Waals surface area contributed by atoms with Gasteiger partial charge in [0.2, 0.25) is 0 Å². The molecule has 2 N–H and O–H groups in total. The van der Waals surface area contributed by atoms with Gasteiger partial charge >= 0.3 is 0 Å². The van der Waals surface area contributed by atoms with Crippen molar-refractivity contribution in [1.29, 1.82) is 0 Å². The molecule has 3 fully saturated rings. The van der Waals surface area contributed by atoms with Crippen LogP contribution in [0, 0.1) is 58.2 Å². The van der Waals surface area contributed by atoms with E-state index in [-0.39, 0.29) is 28.6 Å². The third-order valence-electron chi connectivity index (χ3n) is 11.2. The van der Waals surface area contributed by atoms with Gasteiger partial charge < -0.3 is 10.2 Å². The predicted molar refractivity (Wildman–Crippen MR) is 125 cm³/mol. The van der Waals surface area contributed by atoms with Crippen LogP contribution in [-0.2, 0) is 4.79 Å². The van der Waals surface area contributed by atoms with Gasteiger partial charge in [-0.2, -0.15) is 0 Å². The van der Waals surface area contributed by atoms with E-state index in [0.29, 0.717) is 35.4 Å². The minimum atomic E-state index is -0.672. The summed E-state index contributed by atoms with van der Waals surface area (Å²) in [5.74, 6) is 3.44. The summed E-state index contributed by atoms with van der Waals surface area (Å²) in [5, 5.41) is 22.0. The van der Waals surface area contributed by atoms with Crippen LogP contribution in [0.4, 0.5) is 0 Å². The number of ketones is 1. The van der Waals surface area contributed by atoms with Gasteiger partial charge in [-0.05, 0) is 90.8 Å². The monoisotopic (exact) mass is 430 g/mol. The van der Waals surface area contributed by atoms with E-state index in [4.69, 9.17) is 0 Å². The van der Waals surface area contributed by atoms with Crippen molar-refractivity contribution in [3.63, 3.8) is 0 Å². The van der Waals surface area contributed by atoms with E-state index in [2.05, 4.69) is 53.7 Å². The zero-order chi connectivity index (χ0) is 22.7. The maximum absolute atomic E-state index is 13.2. The quantitative estimate of drug-likeness (QED) is 0.555. The number of carbonyl (C=O) groups excluding carboxylic acids is 1. The Morgan fingerprint density at radius 2 is 1.61 bits per heavy atom. The van der Waals surface area contributed by atoms with Gasteiger partial charge in [0, 0.05) is 12.3 Å². The SMILES string of the molecule is CC(C)[C@@H](C)[C@@H](O)[C@H](O)[C@@H](C)[C@H]1CC[C@H]2[C@@H]3CC(=O)[C@H]4CC=CC[C@]4(C)[C@H]3CC[C@]12C. The summed E-state index contributed by atoms with van der Waals surface area (Å²) in [6.07, 6.45) is 10.7. The van der Waals surface area contributed by atoms with Crippen LogP contribution in [0.5, 0.6) is 0 Å². The molecule has 0 saturated heterocycles.